The number of aromatic nitrogens is 1. The minimum atomic E-state index is -1.13. The number of nitrogens with zero attached hydrogens (tertiary/aromatic N) is 3. The Labute approximate surface area is 183 Å². The maximum absolute atomic E-state index is 13.5. The molecule has 1 aliphatic heterocycles. The van der Waals surface area contributed by atoms with Crippen molar-refractivity contribution in [3.05, 3.63) is 76.0 Å². The van der Waals surface area contributed by atoms with Gasteiger partial charge < -0.3 is 10.2 Å². The van der Waals surface area contributed by atoms with E-state index in [1.807, 2.05) is 12.1 Å². The van der Waals surface area contributed by atoms with E-state index in [2.05, 4.69) is 5.32 Å². The Balaban J connectivity index is 1.80. The fourth-order valence-corrected chi connectivity index (χ4v) is 3.91. The second-order valence-corrected chi connectivity index (χ2v) is 8.74. The molecule has 3 aromatic rings. The van der Waals surface area contributed by atoms with Crippen LogP contribution in [-0.2, 0) is 4.79 Å². The molecule has 2 heterocycles. The van der Waals surface area contributed by atoms with E-state index < -0.39 is 28.3 Å². The molecule has 1 atom stereocenters. The highest BCUT2D eigenvalue weighted by Crippen LogP contribution is 2.31. The number of rotatable bonds is 4. The van der Waals surface area contributed by atoms with Crippen LogP contribution in [0.4, 0.5) is 5.69 Å². The average Bonchev–Trinajstić information content (AvgIpc) is 3.11. The van der Waals surface area contributed by atoms with Crippen molar-refractivity contribution in [2.75, 3.05) is 6.54 Å². The lowest BCUT2D eigenvalue weighted by molar-refractivity contribution is -0.384. The van der Waals surface area contributed by atoms with E-state index >= 15 is 0 Å². The summed E-state index contributed by atoms with van der Waals surface area (Å²) < 4.78 is 1.38. The molecule has 1 aromatic heterocycles. The number of para-hydroxylation sites is 1. The van der Waals surface area contributed by atoms with Gasteiger partial charge in [0, 0.05) is 23.1 Å². The van der Waals surface area contributed by atoms with Gasteiger partial charge in [-0.2, -0.15) is 0 Å². The van der Waals surface area contributed by atoms with Gasteiger partial charge in [0.1, 0.15) is 18.3 Å². The average molecular weight is 434 g/mol. The first-order valence-electron chi connectivity index (χ1n) is 10.1. The molecule has 0 spiro atoms. The number of nitro groups is 1. The fourth-order valence-electron chi connectivity index (χ4n) is 3.91. The maximum Gasteiger partial charge on any atom is 0.272 e. The molecule has 1 aliphatic rings. The molecule has 0 fully saturated rings. The Kier molecular flexibility index (Phi) is 5.04. The number of hydrogen-bond donors (Lipinski definition) is 1. The summed E-state index contributed by atoms with van der Waals surface area (Å²) in [6, 6.07) is 13.1. The first-order chi connectivity index (χ1) is 15.1. The molecule has 0 saturated carbocycles. The van der Waals surface area contributed by atoms with Crippen LogP contribution in [0.3, 0.4) is 0 Å². The maximum atomic E-state index is 13.5. The van der Waals surface area contributed by atoms with Gasteiger partial charge >= 0.3 is 0 Å². The van der Waals surface area contributed by atoms with Gasteiger partial charge in [0.25, 0.3) is 17.5 Å². The van der Waals surface area contributed by atoms with E-state index in [1.54, 1.807) is 39.0 Å². The molecule has 0 radical (unpaired) electrons. The molecule has 0 aliphatic carbocycles. The molecule has 2 amide bonds. The zero-order chi connectivity index (χ0) is 23.2. The molecule has 0 saturated heterocycles. The molecule has 9 nitrogen and oxygen atoms in total. The summed E-state index contributed by atoms with van der Waals surface area (Å²) in [5, 5.41) is 14.6. The van der Waals surface area contributed by atoms with Crippen LogP contribution in [0.1, 0.15) is 47.7 Å². The number of hydrogen-bond acceptors (Lipinski definition) is 5. The van der Waals surface area contributed by atoms with Gasteiger partial charge in [0.05, 0.1) is 10.4 Å². The van der Waals surface area contributed by atoms with Crippen LogP contribution in [-0.4, -0.2) is 44.2 Å². The minimum Gasteiger partial charge on any atom is -0.349 e. The predicted octanol–water partition coefficient (Wildman–Crippen LogP) is 3.30. The van der Waals surface area contributed by atoms with Crippen molar-refractivity contribution < 1.29 is 19.3 Å². The molecule has 1 N–H and O–H groups in total. The van der Waals surface area contributed by atoms with Crippen LogP contribution in [0, 0.1) is 10.1 Å². The van der Waals surface area contributed by atoms with Crippen LogP contribution in [0.5, 0.6) is 0 Å². The smallest absolute Gasteiger partial charge is 0.272 e. The summed E-state index contributed by atoms with van der Waals surface area (Å²) in [5.74, 6) is -1.28. The Morgan fingerprint density at radius 2 is 1.75 bits per heavy atom. The lowest BCUT2D eigenvalue weighted by Gasteiger charge is -2.35. The zero-order valence-electron chi connectivity index (χ0n) is 17.9. The van der Waals surface area contributed by atoms with Crippen molar-refractivity contribution in [3.63, 3.8) is 0 Å². The van der Waals surface area contributed by atoms with Gasteiger partial charge in [0.15, 0.2) is 0 Å². The number of nitrogens with one attached hydrogen (secondary N) is 1. The van der Waals surface area contributed by atoms with Crippen LogP contribution in [0.15, 0.2) is 54.6 Å². The molecular formula is C23H22N4O5. The highest BCUT2D eigenvalue weighted by molar-refractivity contribution is 6.10. The minimum absolute atomic E-state index is 0.134. The fraction of sp³-hybridized carbons (Fsp3) is 0.261. The third kappa shape index (κ3) is 3.73. The van der Waals surface area contributed by atoms with Gasteiger partial charge in [-0.15, -0.1) is 0 Å². The first-order valence-corrected chi connectivity index (χ1v) is 10.1. The van der Waals surface area contributed by atoms with E-state index in [0.29, 0.717) is 11.1 Å². The Bertz CT molecular complexity index is 1250. The molecular weight excluding hydrogens is 412 g/mol. The van der Waals surface area contributed by atoms with Gasteiger partial charge in [-0.1, -0.05) is 18.2 Å². The van der Waals surface area contributed by atoms with Gasteiger partial charge in [-0.05, 0) is 50.6 Å². The van der Waals surface area contributed by atoms with E-state index in [4.69, 9.17) is 0 Å². The van der Waals surface area contributed by atoms with Crippen LogP contribution >= 0.6 is 0 Å². The lowest BCUT2D eigenvalue weighted by atomic mass is 10.00. The molecule has 1 unspecified atom stereocenters. The van der Waals surface area contributed by atoms with Crippen molar-refractivity contribution in [3.8, 4) is 0 Å². The summed E-state index contributed by atoms with van der Waals surface area (Å²) in [5.41, 5.74) is 0.464. The van der Waals surface area contributed by atoms with Crippen molar-refractivity contribution in [1.82, 2.24) is 14.8 Å². The molecule has 4 rings (SSSR count). The molecule has 0 bridgehead atoms. The van der Waals surface area contributed by atoms with Gasteiger partial charge in [0.2, 0.25) is 5.91 Å². The third-order valence-corrected chi connectivity index (χ3v) is 5.22. The molecule has 164 valence electrons. The summed E-state index contributed by atoms with van der Waals surface area (Å²) in [6.07, 6.45) is 0. The quantitative estimate of drug-likeness (QED) is 0.500. The van der Waals surface area contributed by atoms with Crippen LogP contribution < -0.4 is 5.32 Å². The predicted molar refractivity (Wildman–Crippen MR) is 117 cm³/mol. The van der Waals surface area contributed by atoms with Crippen molar-refractivity contribution >= 4 is 34.3 Å². The van der Waals surface area contributed by atoms with Crippen molar-refractivity contribution in [2.45, 2.75) is 32.4 Å². The van der Waals surface area contributed by atoms with Crippen molar-refractivity contribution in [2.24, 2.45) is 0 Å². The van der Waals surface area contributed by atoms with Crippen LogP contribution in [0.25, 0.3) is 10.9 Å². The van der Waals surface area contributed by atoms with Crippen molar-refractivity contribution in [1.29, 1.82) is 0 Å². The van der Waals surface area contributed by atoms with E-state index in [-0.39, 0.29) is 23.8 Å². The standard InChI is InChI=1S/C23H22N4O5/c1-23(2,3)24-21(29)20(14-8-10-16(11-9-14)27(31)32)25-13-19(28)26-17-7-5-4-6-15(17)12-18(26)22(25)30/h4-12,20H,13H2,1-3H3,(H,24,29). The second-order valence-electron chi connectivity index (χ2n) is 8.74. The number of nitro benzene ring substituents is 1. The number of non-ortho nitro benzene ring substituents is 1. The summed E-state index contributed by atoms with van der Waals surface area (Å²) in [7, 11) is 0. The topological polar surface area (TPSA) is 115 Å². The molecule has 32 heavy (non-hydrogen) atoms. The summed E-state index contributed by atoms with van der Waals surface area (Å²) >= 11 is 0. The first kappa shape index (κ1) is 21.2. The summed E-state index contributed by atoms with van der Waals surface area (Å²) in [4.78, 5) is 51.5. The number of fused-ring (bicyclic) bond motifs is 3. The number of carbonyl (C=O) groups is 3. The lowest BCUT2D eigenvalue weighted by Crippen LogP contribution is -2.53. The van der Waals surface area contributed by atoms with Crippen LogP contribution in [0.2, 0.25) is 0 Å². The second kappa shape index (κ2) is 7.60. The summed E-state index contributed by atoms with van der Waals surface area (Å²) in [6.45, 7) is 5.11. The zero-order valence-corrected chi connectivity index (χ0v) is 17.9. The van der Waals surface area contributed by atoms with E-state index in [9.17, 15) is 24.5 Å². The highest BCUT2D eigenvalue weighted by Gasteiger charge is 2.40. The Morgan fingerprint density at radius 1 is 1.09 bits per heavy atom. The SMILES string of the molecule is CC(C)(C)NC(=O)C(c1ccc([N+](=O)[O-])cc1)N1CC(=O)n2c(cc3ccccc32)C1=O. The largest absolute Gasteiger partial charge is 0.349 e. The highest BCUT2D eigenvalue weighted by atomic mass is 16.6. The number of benzene rings is 2. The molecule has 2 aromatic carbocycles. The Morgan fingerprint density at radius 3 is 2.38 bits per heavy atom. The normalized spacial score (nSPS) is 14.9. The number of amides is 2. The monoisotopic (exact) mass is 434 g/mol. The van der Waals surface area contributed by atoms with E-state index in [0.717, 1.165) is 5.39 Å². The van der Waals surface area contributed by atoms with Gasteiger partial charge in [-0.25, -0.2) is 0 Å². The van der Waals surface area contributed by atoms with Gasteiger partial charge in [-0.3, -0.25) is 29.1 Å². The molecule has 9 heteroatoms. The number of carbonyl (C=O) groups excluding carboxylic acids is 3. The third-order valence-electron chi connectivity index (χ3n) is 5.22. The Hall–Kier alpha value is -4.01. The van der Waals surface area contributed by atoms with E-state index in [1.165, 1.54) is 33.7 Å².